The first kappa shape index (κ1) is 26.7. The summed E-state index contributed by atoms with van der Waals surface area (Å²) in [5, 5.41) is 0. The van der Waals surface area contributed by atoms with E-state index in [9.17, 15) is 17.6 Å². The van der Waals surface area contributed by atoms with E-state index in [4.69, 9.17) is 4.74 Å². The number of methoxy groups -OCH3 is 1. The Balaban J connectivity index is 1.68. The molecule has 0 aliphatic rings. The Kier molecular flexibility index (Phi) is 8.62. The maximum atomic E-state index is 13.0. The molecule has 2 heterocycles. The summed E-state index contributed by atoms with van der Waals surface area (Å²) in [5.74, 6) is 0.127. The second-order valence-corrected chi connectivity index (χ2v) is 8.28. The maximum Gasteiger partial charge on any atom is 0.387 e. The van der Waals surface area contributed by atoms with Crippen molar-refractivity contribution in [2.75, 3.05) is 19.1 Å². The molecular weight excluding hydrogens is 502 g/mol. The number of anilines is 2. The number of hydrogen-bond acceptors (Lipinski definition) is 6. The van der Waals surface area contributed by atoms with Crippen LogP contribution in [-0.2, 0) is 6.42 Å². The molecule has 2 aromatic heterocycles. The number of rotatable bonds is 11. The van der Waals surface area contributed by atoms with Crippen molar-refractivity contribution in [3.63, 3.8) is 0 Å². The number of nitrogens with zero attached hydrogens (tertiary/aromatic N) is 3. The summed E-state index contributed by atoms with van der Waals surface area (Å²) in [4.78, 5) is 10.6. The fourth-order valence-electron chi connectivity index (χ4n) is 4.05. The van der Waals surface area contributed by atoms with Crippen LogP contribution in [-0.4, -0.2) is 37.3 Å². The van der Waals surface area contributed by atoms with E-state index in [0.29, 0.717) is 17.8 Å². The smallest absolute Gasteiger partial charge is 0.387 e. The van der Waals surface area contributed by atoms with Crippen LogP contribution in [0.1, 0.15) is 22.6 Å². The third-order valence-electron chi connectivity index (χ3n) is 5.97. The van der Waals surface area contributed by atoms with Crippen molar-refractivity contribution in [2.24, 2.45) is 0 Å². The van der Waals surface area contributed by atoms with Gasteiger partial charge in [0.2, 0.25) is 0 Å². The molecule has 10 heteroatoms. The van der Waals surface area contributed by atoms with E-state index in [1.165, 1.54) is 12.1 Å². The van der Waals surface area contributed by atoms with E-state index in [0.717, 1.165) is 22.6 Å². The summed E-state index contributed by atoms with van der Waals surface area (Å²) < 4.78 is 65.8. The Morgan fingerprint density at radius 3 is 2.05 bits per heavy atom. The fraction of sp³-hybridized carbons (Fsp3) is 0.214. The van der Waals surface area contributed by atoms with E-state index < -0.39 is 24.7 Å². The van der Waals surface area contributed by atoms with E-state index >= 15 is 0 Å². The van der Waals surface area contributed by atoms with Gasteiger partial charge in [-0.3, -0.25) is 4.98 Å². The van der Waals surface area contributed by atoms with Crippen molar-refractivity contribution in [2.45, 2.75) is 25.6 Å². The van der Waals surface area contributed by atoms with Gasteiger partial charge >= 0.3 is 13.2 Å². The molecule has 38 heavy (non-hydrogen) atoms. The minimum atomic E-state index is -3.21. The number of alkyl halides is 4. The molecule has 0 amide bonds. The Labute approximate surface area is 217 Å². The molecule has 0 saturated heterocycles. The van der Waals surface area contributed by atoms with Crippen molar-refractivity contribution in [3.05, 3.63) is 102 Å². The van der Waals surface area contributed by atoms with Gasteiger partial charge in [-0.15, -0.1) is 0 Å². The van der Waals surface area contributed by atoms with Gasteiger partial charge in [-0.25, -0.2) is 4.98 Å². The molecule has 0 aliphatic heterocycles. The summed E-state index contributed by atoms with van der Waals surface area (Å²) >= 11 is 0. The van der Waals surface area contributed by atoms with Crippen molar-refractivity contribution in [3.8, 4) is 17.2 Å². The first-order valence-corrected chi connectivity index (χ1v) is 11.6. The SMILES string of the molecule is COc1ccc(N(C)c2ccc(C(Cc3ccncc3)c3ccc(OC(F)F)c(OC(F)F)c3)cn2)cc1. The molecule has 0 N–H and O–H groups in total. The average Bonchev–Trinajstić information content (AvgIpc) is 2.92. The molecule has 0 aliphatic carbocycles. The van der Waals surface area contributed by atoms with Crippen LogP contribution in [0.15, 0.2) is 85.3 Å². The molecule has 1 unspecified atom stereocenters. The number of hydrogen-bond donors (Lipinski definition) is 0. The van der Waals surface area contributed by atoms with Gasteiger partial charge in [-0.05, 0) is 77.7 Å². The number of ether oxygens (including phenoxy) is 3. The number of halogens is 4. The van der Waals surface area contributed by atoms with Crippen molar-refractivity contribution in [1.29, 1.82) is 0 Å². The minimum absolute atomic E-state index is 0.356. The normalized spacial score (nSPS) is 11.9. The first-order valence-electron chi connectivity index (χ1n) is 11.6. The maximum absolute atomic E-state index is 13.0. The fourth-order valence-corrected chi connectivity index (χ4v) is 4.05. The Hall–Kier alpha value is -4.34. The van der Waals surface area contributed by atoms with Crippen LogP contribution in [0.2, 0.25) is 0 Å². The van der Waals surface area contributed by atoms with Crippen LogP contribution in [0.4, 0.5) is 29.1 Å². The topological polar surface area (TPSA) is 56.7 Å². The van der Waals surface area contributed by atoms with Gasteiger partial charge in [0.25, 0.3) is 0 Å². The van der Waals surface area contributed by atoms with E-state index in [2.05, 4.69) is 19.4 Å². The average molecular weight is 528 g/mol. The van der Waals surface area contributed by atoms with Gasteiger partial charge in [0, 0.05) is 37.2 Å². The zero-order valence-corrected chi connectivity index (χ0v) is 20.6. The monoisotopic (exact) mass is 527 g/mol. The lowest BCUT2D eigenvalue weighted by Crippen LogP contribution is -2.13. The standard InChI is InChI=1S/C28H25F4N3O3/c1-35(21-5-7-22(36-2)8-6-21)26-10-4-20(17-34-26)23(15-18-11-13-33-14-12-18)19-3-9-24(37-27(29)30)25(16-19)38-28(31)32/h3-14,16-17,23,27-28H,15H2,1-2H3. The Morgan fingerprint density at radius 1 is 0.789 bits per heavy atom. The van der Waals surface area contributed by atoms with Gasteiger partial charge in [-0.1, -0.05) is 12.1 Å². The molecule has 0 radical (unpaired) electrons. The van der Waals surface area contributed by atoms with Crippen LogP contribution in [0.5, 0.6) is 17.2 Å². The lowest BCUT2D eigenvalue weighted by Gasteiger charge is -2.22. The van der Waals surface area contributed by atoms with E-state index in [1.54, 1.807) is 31.8 Å². The summed E-state index contributed by atoms with van der Waals surface area (Å²) in [7, 11) is 3.48. The zero-order valence-electron chi connectivity index (χ0n) is 20.6. The highest BCUT2D eigenvalue weighted by atomic mass is 19.3. The Morgan fingerprint density at radius 2 is 1.45 bits per heavy atom. The molecule has 0 fully saturated rings. The third-order valence-corrected chi connectivity index (χ3v) is 5.97. The zero-order chi connectivity index (χ0) is 27.1. The second-order valence-electron chi connectivity index (χ2n) is 8.28. The highest BCUT2D eigenvalue weighted by molar-refractivity contribution is 5.60. The van der Waals surface area contributed by atoms with Gasteiger partial charge in [0.15, 0.2) is 11.5 Å². The van der Waals surface area contributed by atoms with Crippen LogP contribution >= 0.6 is 0 Å². The summed E-state index contributed by atoms with van der Waals surface area (Å²) in [5.41, 5.74) is 3.20. The Bertz CT molecular complexity index is 1310. The summed E-state index contributed by atoms with van der Waals surface area (Å²) in [6.07, 6.45) is 5.49. The van der Waals surface area contributed by atoms with Crippen LogP contribution in [0.25, 0.3) is 0 Å². The largest absolute Gasteiger partial charge is 0.497 e. The van der Waals surface area contributed by atoms with E-state index in [-0.39, 0.29) is 5.92 Å². The van der Waals surface area contributed by atoms with Gasteiger partial charge in [0.1, 0.15) is 11.6 Å². The van der Waals surface area contributed by atoms with E-state index in [1.807, 2.05) is 60.5 Å². The molecular formula is C28H25F4N3O3. The molecule has 4 rings (SSSR count). The second kappa shape index (κ2) is 12.3. The lowest BCUT2D eigenvalue weighted by molar-refractivity contribution is -0.0692. The van der Waals surface area contributed by atoms with Gasteiger partial charge in [0.05, 0.1) is 7.11 Å². The van der Waals surface area contributed by atoms with Crippen LogP contribution in [0, 0.1) is 0 Å². The number of aromatic nitrogens is 2. The lowest BCUT2D eigenvalue weighted by atomic mass is 9.86. The molecule has 1 atom stereocenters. The summed E-state index contributed by atoms with van der Waals surface area (Å²) in [6, 6.07) is 19.0. The molecule has 6 nitrogen and oxygen atoms in total. The molecule has 0 spiro atoms. The third kappa shape index (κ3) is 6.70. The van der Waals surface area contributed by atoms with Crippen molar-refractivity contribution >= 4 is 11.5 Å². The van der Waals surface area contributed by atoms with Gasteiger partial charge in [-0.2, -0.15) is 17.6 Å². The predicted molar refractivity (Wildman–Crippen MR) is 135 cm³/mol. The van der Waals surface area contributed by atoms with Crippen LogP contribution < -0.4 is 19.1 Å². The van der Waals surface area contributed by atoms with Gasteiger partial charge < -0.3 is 19.1 Å². The minimum Gasteiger partial charge on any atom is -0.497 e. The molecule has 2 aromatic carbocycles. The molecule has 198 valence electrons. The van der Waals surface area contributed by atoms with Crippen molar-refractivity contribution in [1.82, 2.24) is 9.97 Å². The van der Waals surface area contributed by atoms with Crippen LogP contribution in [0.3, 0.4) is 0 Å². The highest BCUT2D eigenvalue weighted by Crippen LogP contribution is 2.37. The highest BCUT2D eigenvalue weighted by Gasteiger charge is 2.21. The first-order chi connectivity index (χ1) is 18.3. The molecule has 0 bridgehead atoms. The molecule has 0 saturated carbocycles. The summed E-state index contributed by atoms with van der Waals surface area (Å²) in [6.45, 7) is -6.40. The number of pyridine rings is 2. The quantitative estimate of drug-likeness (QED) is 0.199. The predicted octanol–water partition coefficient (Wildman–Crippen LogP) is 6.83. The molecule has 4 aromatic rings. The van der Waals surface area contributed by atoms with Crippen molar-refractivity contribution < 1.29 is 31.8 Å². The number of benzene rings is 2.